The van der Waals surface area contributed by atoms with Crippen LogP contribution in [0.25, 0.3) is 0 Å². The lowest BCUT2D eigenvalue weighted by atomic mass is 9.93. The topological polar surface area (TPSA) is 75.6 Å². The molecule has 0 aromatic heterocycles. The van der Waals surface area contributed by atoms with Gasteiger partial charge in [-0.2, -0.15) is 0 Å². The molecule has 0 aliphatic rings. The van der Waals surface area contributed by atoms with Crippen LogP contribution in [-0.4, -0.2) is 61.0 Å². The van der Waals surface area contributed by atoms with Gasteiger partial charge in [-0.3, -0.25) is 9.69 Å². The first-order valence-corrected chi connectivity index (χ1v) is 7.03. The molecule has 0 aliphatic carbocycles. The van der Waals surface area contributed by atoms with Crippen LogP contribution in [0.5, 0.6) is 0 Å². The monoisotopic (exact) mass is 272 g/mol. The molecule has 0 rings (SSSR count). The van der Waals surface area contributed by atoms with Crippen LogP contribution in [0.4, 0.5) is 0 Å². The van der Waals surface area contributed by atoms with E-state index in [1.165, 1.54) is 0 Å². The predicted molar refractivity (Wildman–Crippen MR) is 80.8 cm³/mol. The Morgan fingerprint density at radius 3 is 2.11 bits per heavy atom. The van der Waals surface area contributed by atoms with Crippen molar-refractivity contribution in [2.24, 2.45) is 17.4 Å². The van der Waals surface area contributed by atoms with E-state index in [1.54, 1.807) is 6.92 Å². The molecule has 0 aliphatic heterocycles. The Labute approximate surface area is 118 Å². The highest BCUT2D eigenvalue weighted by Crippen LogP contribution is 2.15. The predicted octanol–water partition coefficient (Wildman–Crippen LogP) is 0.487. The smallest absolute Gasteiger partial charge is 0.237 e. The van der Waals surface area contributed by atoms with Gasteiger partial charge in [0.25, 0.3) is 0 Å². The molecule has 0 saturated heterocycles. The van der Waals surface area contributed by atoms with E-state index in [0.29, 0.717) is 12.3 Å². The van der Waals surface area contributed by atoms with E-state index in [-0.39, 0.29) is 6.04 Å². The SMILES string of the molecule is CC(C)CN(CCN(C)C)C(C)CC(C)(N)C(N)=O. The number of amides is 1. The standard InChI is InChI=1S/C14H32N4O/c1-11(2)10-18(8-7-17(5)6)12(3)9-14(4,16)13(15)19/h11-12H,7-10,16H2,1-6H3,(H2,15,19). The third-order valence-electron chi connectivity index (χ3n) is 3.34. The summed E-state index contributed by atoms with van der Waals surface area (Å²) in [5, 5.41) is 0. The fraction of sp³-hybridized carbons (Fsp3) is 0.929. The summed E-state index contributed by atoms with van der Waals surface area (Å²) in [6, 6.07) is 0.241. The Hall–Kier alpha value is -0.650. The average Bonchev–Trinajstić information content (AvgIpc) is 2.22. The van der Waals surface area contributed by atoms with Crippen molar-refractivity contribution in [1.82, 2.24) is 9.80 Å². The second-order valence-corrected chi connectivity index (χ2v) is 6.53. The van der Waals surface area contributed by atoms with E-state index in [0.717, 1.165) is 19.6 Å². The zero-order valence-corrected chi connectivity index (χ0v) is 13.4. The molecule has 0 aromatic carbocycles. The molecule has 5 nitrogen and oxygen atoms in total. The molecule has 2 atom stereocenters. The lowest BCUT2D eigenvalue weighted by Crippen LogP contribution is -2.54. The number of primary amides is 1. The van der Waals surface area contributed by atoms with E-state index < -0.39 is 11.4 Å². The van der Waals surface area contributed by atoms with Gasteiger partial charge in [-0.1, -0.05) is 13.8 Å². The van der Waals surface area contributed by atoms with Gasteiger partial charge >= 0.3 is 0 Å². The lowest BCUT2D eigenvalue weighted by molar-refractivity contribution is -0.123. The van der Waals surface area contributed by atoms with Crippen LogP contribution in [0, 0.1) is 5.92 Å². The van der Waals surface area contributed by atoms with Crippen LogP contribution in [0.1, 0.15) is 34.1 Å². The largest absolute Gasteiger partial charge is 0.368 e. The van der Waals surface area contributed by atoms with Crippen LogP contribution in [-0.2, 0) is 4.79 Å². The van der Waals surface area contributed by atoms with E-state index in [9.17, 15) is 4.79 Å². The molecule has 0 spiro atoms. The molecule has 0 bridgehead atoms. The summed E-state index contributed by atoms with van der Waals surface area (Å²) < 4.78 is 0. The first-order valence-electron chi connectivity index (χ1n) is 7.03. The number of nitrogens with zero attached hydrogens (tertiary/aromatic N) is 2. The van der Waals surface area contributed by atoms with Crippen LogP contribution in [0.15, 0.2) is 0 Å². The molecule has 2 unspecified atom stereocenters. The number of hydrogen-bond acceptors (Lipinski definition) is 4. The number of nitrogens with two attached hydrogens (primary N) is 2. The van der Waals surface area contributed by atoms with E-state index in [4.69, 9.17) is 11.5 Å². The molecular formula is C14H32N4O. The minimum Gasteiger partial charge on any atom is -0.368 e. The zero-order chi connectivity index (χ0) is 15.2. The molecule has 0 radical (unpaired) electrons. The van der Waals surface area contributed by atoms with Crippen LogP contribution < -0.4 is 11.5 Å². The van der Waals surface area contributed by atoms with Crippen molar-refractivity contribution >= 4 is 5.91 Å². The van der Waals surface area contributed by atoms with Gasteiger partial charge in [0.1, 0.15) is 0 Å². The Bertz CT molecular complexity index is 277. The Balaban J connectivity index is 4.61. The van der Waals surface area contributed by atoms with Gasteiger partial charge in [0, 0.05) is 25.7 Å². The van der Waals surface area contributed by atoms with Crippen molar-refractivity contribution in [2.45, 2.75) is 45.7 Å². The van der Waals surface area contributed by atoms with Crippen molar-refractivity contribution in [3.05, 3.63) is 0 Å². The Morgan fingerprint density at radius 2 is 1.74 bits per heavy atom. The van der Waals surface area contributed by atoms with Crippen molar-refractivity contribution < 1.29 is 4.79 Å². The summed E-state index contributed by atoms with van der Waals surface area (Å²) in [4.78, 5) is 15.9. The molecule has 4 N–H and O–H groups in total. The van der Waals surface area contributed by atoms with Gasteiger partial charge in [0.05, 0.1) is 5.54 Å². The van der Waals surface area contributed by atoms with E-state index in [1.807, 2.05) is 0 Å². The second-order valence-electron chi connectivity index (χ2n) is 6.53. The minimum absolute atomic E-state index is 0.241. The highest BCUT2D eigenvalue weighted by atomic mass is 16.1. The molecule has 114 valence electrons. The third kappa shape index (κ3) is 7.50. The maximum atomic E-state index is 11.3. The summed E-state index contributed by atoms with van der Waals surface area (Å²) in [7, 11) is 4.13. The quantitative estimate of drug-likeness (QED) is 0.640. The fourth-order valence-electron chi connectivity index (χ4n) is 2.13. The number of rotatable bonds is 9. The van der Waals surface area contributed by atoms with Crippen LogP contribution in [0.3, 0.4) is 0 Å². The number of hydrogen-bond donors (Lipinski definition) is 2. The number of carbonyl (C=O) groups excluding carboxylic acids is 1. The first kappa shape index (κ1) is 18.4. The van der Waals surface area contributed by atoms with Crippen molar-refractivity contribution in [1.29, 1.82) is 0 Å². The van der Waals surface area contributed by atoms with Crippen LogP contribution in [0.2, 0.25) is 0 Å². The minimum atomic E-state index is -0.938. The molecule has 5 heteroatoms. The number of carbonyl (C=O) groups is 1. The molecule has 1 amide bonds. The fourth-order valence-corrected chi connectivity index (χ4v) is 2.13. The molecular weight excluding hydrogens is 240 g/mol. The second kappa shape index (κ2) is 7.82. The first-order chi connectivity index (χ1) is 8.56. The van der Waals surface area contributed by atoms with E-state index >= 15 is 0 Å². The summed E-state index contributed by atoms with van der Waals surface area (Å²) in [6.45, 7) is 11.2. The highest BCUT2D eigenvalue weighted by Gasteiger charge is 2.30. The normalized spacial score (nSPS) is 16.9. The van der Waals surface area contributed by atoms with Crippen molar-refractivity contribution in [3.63, 3.8) is 0 Å². The zero-order valence-electron chi connectivity index (χ0n) is 13.4. The van der Waals surface area contributed by atoms with Gasteiger partial charge in [-0.25, -0.2) is 0 Å². The molecule has 0 heterocycles. The van der Waals surface area contributed by atoms with Gasteiger partial charge < -0.3 is 16.4 Å². The average molecular weight is 272 g/mol. The van der Waals surface area contributed by atoms with Gasteiger partial charge in [0.2, 0.25) is 5.91 Å². The third-order valence-corrected chi connectivity index (χ3v) is 3.34. The van der Waals surface area contributed by atoms with Gasteiger partial charge in [0.15, 0.2) is 0 Å². The molecule has 0 aromatic rings. The van der Waals surface area contributed by atoms with Gasteiger partial charge in [-0.15, -0.1) is 0 Å². The van der Waals surface area contributed by atoms with E-state index in [2.05, 4.69) is 44.7 Å². The maximum Gasteiger partial charge on any atom is 0.237 e. The summed E-state index contributed by atoms with van der Waals surface area (Å²) >= 11 is 0. The summed E-state index contributed by atoms with van der Waals surface area (Å²) in [5.41, 5.74) is 10.4. The van der Waals surface area contributed by atoms with Crippen LogP contribution >= 0.6 is 0 Å². The summed E-state index contributed by atoms with van der Waals surface area (Å²) in [6.07, 6.45) is 0.586. The Kier molecular flexibility index (Phi) is 7.55. The Morgan fingerprint density at radius 1 is 1.21 bits per heavy atom. The molecule has 19 heavy (non-hydrogen) atoms. The van der Waals surface area contributed by atoms with Crippen molar-refractivity contribution in [2.75, 3.05) is 33.7 Å². The maximum absolute atomic E-state index is 11.3. The molecule has 0 fully saturated rings. The lowest BCUT2D eigenvalue weighted by Gasteiger charge is -2.35. The molecule has 0 saturated carbocycles. The van der Waals surface area contributed by atoms with Gasteiger partial charge in [-0.05, 0) is 40.3 Å². The highest BCUT2D eigenvalue weighted by molar-refractivity contribution is 5.83. The number of likely N-dealkylation sites (N-methyl/N-ethyl adjacent to an activating group) is 1. The summed E-state index contributed by atoms with van der Waals surface area (Å²) in [5.74, 6) is 0.152. The van der Waals surface area contributed by atoms with Crippen molar-refractivity contribution in [3.8, 4) is 0 Å².